The zero-order chi connectivity index (χ0) is 19.1. The maximum atomic E-state index is 11.8. The van der Waals surface area contributed by atoms with Gasteiger partial charge >= 0.3 is 5.69 Å². The van der Waals surface area contributed by atoms with Crippen LogP contribution < -0.4 is 26.1 Å². The van der Waals surface area contributed by atoms with Gasteiger partial charge in [0.25, 0.3) is 5.56 Å². The van der Waals surface area contributed by atoms with Crippen LogP contribution >= 0.6 is 11.6 Å². The first-order valence-corrected chi connectivity index (χ1v) is 7.73. The Kier molecular flexibility index (Phi) is 6.50. The van der Waals surface area contributed by atoms with Gasteiger partial charge in [-0.05, 0) is 17.7 Å². The fraction of sp³-hybridized carbons (Fsp3) is 0.267. The minimum Gasteiger partial charge on any atom is -0.493 e. The van der Waals surface area contributed by atoms with Gasteiger partial charge < -0.3 is 9.47 Å². The van der Waals surface area contributed by atoms with Crippen molar-refractivity contribution in [1.82, 2.24) is 20.6 Å². The molecule has 0 aliphatic rings. The van der Waals surface area contributed by atoms with Gasteiger partial charge in [0.05, 0.1) is 25.5 Å². The van der Waals surface area contributed by atoms with Gasteiger partial charge in [0.1, 0.15) is 5.69 Å². The van der Waals surface area contributed by atoms with Crippen molar-refractivity contribution in [1.29, 1.82) is 0 Å². The molecule has 0 unspecified atom stereocenters. The van der Waals surface area contributed by atoms with E-state index in [0.29, 0.717) is 22.1 Å². The fourth-order valence-electron chi connectivity index (χ4n) is 2.02. The van der Waals surface area contributed by atoms with E-state index in [1.807, 2.05) is 4.98 Å². The molecule has 0 aliphatic carbocycles. The molecule has 0 atom stereocenters. The first-order chi connectivity index (χ1) is 12.4. The molecule has 138 valence electrons. The summed E-state index contributed by atoms with van der Waals surface area (Å²) < 4.78 is 10.3. The average molecular weight is 382 g/mol. The van der Waals surface area contributed by atoms with Crippen LogP contribution in [0.2, 0.25) is 5.02 Å². The van der Waals surface area contributed by atoms with E-state index in [0.717, 1.165) is 0 Å². The maximum Gasteiger partial charge on any atom is 0.342 e. The van der Waals surface area contributed by atoms with E-state index in [1.165, 1.54) is 20.4 Å². The Balaban J connectivity index is 1.95. The lowest BCUT2D eigenvalue weighted by molar-refractivity contribution is -0.121. The number of aryl methyl sites for hydroxylation is 1. The lowest BCUT2D eigenvalue weighted by Crippen LogP contribution is -2.28. The average Bonchev–Trinajstić information content (AvgIpc) is 2.60. The second-order valence-corrected chi connectivity index (χ2v) is 5.39. The van der Waals surface area contributed by atoms with Crippen molar-refractivity contribution >= 4 is 23.7 Å². The van der Waals surface area contributed by atoms with Crippen molar-refractivity contribution < 1.29 is 14.3 Å². The largest absolute Gasteiger partial charge is 0.493 e. The lowest BCUT2D eigenvalue weighted by Gasteiger charge is -2.09. The third-order valence-corrected chi connectivity index (χ3v) is 3.51. The molecule has 1 aromatic carbocycles. The highest BCUT2D eigenvalue weighted by Gasteiger charge is 2.10. The molecule has 3 N–H and O–H groups in total. The minimum atomic E-state index is -0.707. The number of methoxy groups -OCH3 is 2. The standard InChI is InChI=1S/C15H16ClN5O5/c1-25-11-6-8(5-9(16)13(11)26-2)7-17-20-12(22)4-3-10-14(23)18-15(24)21-19-10/h5-7H,3-4H2,1-2H3,(H,20,22)(H2,18,21,23,24)/b17-7+. The quantitative estimate of drug-likeness (QED) is 0.463. The summed E-state index contributed by atoms with van der Waals surface area (Å²) in [7, 11) is 2.95. The Labute approximate surface area is 152 Å². The van der Waals surface area contributed by atoms with Crippen molar-refractivity contribution in [2.45, 2.75) is 12.8 Å². The highest BCUT2D eigenvalue weighted by Crippen LogP contribution is 2.35. The van der Waals surface area contributed by atoms with Crippen LogP contribution in [-0.4, -0.2) is 41.5 Å². The molecule has 26 heavy (non-hydrogen) atoms. The van der Waals surface area contributed by atoms with E-state index >= 15 is 0 Å². The number of ether oxygens (including phenoxy) is 2. The van der Waals surface area contributed by atoms with Crippen LogP contribution in [0.1, 0.15) is 17.7 Å². The summed E-state index contributed by atoms with van der Waals surface area (Å²) >= 11 is 6.08. The van der Waals surface area contributed by atoms with E-state index in [-0.39, 0.29) is 18.5 Å². The fourth-order valence-corrected chi connectivity index (χ4v) is 2.32. The molecule has 1 heterocycles. The Bertz CT molecular complexity index is 937. The van der Waals surface area contributed by atoms with Crippen LogP contribution in [-0.2, 0) is 11.2 Å². The molecule has 0 bridgehead atoms. The van der Waals surface area contributed by atoms with E-state index in [4.69, 9.17) is 21.1 Å². The van der Waals surface area contributed by atoms with Crippen LogP contribution in [0, 0.1) is 0 Å². The molecule has 0 radical (unpaired) electrons. The molecule has 1 amide bonds. The highest BCUT2D eigenvalue weighted by atomic mass is 35.5. The molecule has 0 fully saturated rings. The topological polar surface area (TPSA) is 139 Å². The molecule has 2 aromatic rings. The smallest absolute Gasteiger partial charge is 0.342 e. The number of hydrazone groups is 1. The third kappa shape index (κ3) is 4.93. The van der Waals surface area contributed by atoms with Gasteiger partial charge in [-0.25, -0.2) is 15.3 Å². The molecule has 0 saturated carbocycles. The minimum absolute atomic E-state index is 0.0356. The number of H-pyrrole nitrogens is 2. The van der Waals surface area contributed by atoms with Gasteiger partial charge in [0, 0.05) is 12.8 Å². The summed E-state index contributed by atoms with van der Waals surface area (Å²) in [5.74, 6) is 0.394. The summed E-state index contributed by atoms with van der Waals surface area (Å²) in [5.41, 5.74) is 1.62. The van der Waals surface area contributed by atoms with Gasteiger partial charge in [-0.2, -0.15) is 10.2 Å². The number of nitrogens with one attached hydrogen (secondary N) is 3. The Morgan fingerprint density at radius 3 is 2.77 bits per heavy atom. The molecule has 0 aliphatic heterocycles. The number of aromatic amines is 2. The van der Waals surface area contributed by atoms with E-state index in [2.05, 4.69) is 20.7 Å². The number of rotatable bonds is 7. The Morgan fingerprint density at radius 2 is 2.12 bits per heavy atom. The second kappa shape index (κ2) is 8.81. The van der Waals surface area contributed by atoms with Crippen molar-refractivity contribution in [2.75, 3.05) is 14.2 Å². The Hall–Kier alpha value is -3.14. The van der Waals surface area contributed by atoms with Gasteiger partial charge in [0.2, 0.25) is 5.91 Å². The molecule has 2 rings (SSSR count). The number of benzene rings is 1. The number of nitrogens with zero attached hydrogens (tertiary/aromatic N) is 2. The van der Waals surface area contributed by atoms with E-state index in [9.17, 15) is 14.4 Å². The van der Waals surface area contributed by atoms with Gasteiger partial charge in [-0.1, -0.05) is 11.6 Å². The summed E-state index contributed by atoms with van der Waals surface area (Å²) in [4.78, 5) is 36.1. The predicted octanol–water partition coefficient (Wildman–Crippen LogP) is 0.212. The molecule has 1 aromatic heterocycles. The van der Waals surface area contributed by atoms with Crippen molar-refractivity contribution in [3.63, 3.8) is 0 Å². The zero-order valence-corrected chi connectivity index (χ0v) is 14.7. The van der Waals surface area contributed by atoms with Crippen molar-refractivity contribution in [3.05, 3.63) is 49.3 Å². The van der Waals surface area contributed by atoms with Gasteiger partial charge in [-0.15, -0.1) is 0 Å². The number of halogens is 1. The monoisotopic (exact) mass is 381 g/mol. The number of aromatic nitrogens is 3. The number of carbonyl (C=O) groups is 1. The van der Waals surface area contributed by atoms with E-state index < -0.39 is 17.2 Å². The second-order valence-electron chi connectivity index (χ2n) is 4.98. The number of amides is 1. The van der Waals surface area contributed by atoms with Crippen LogP contribution in [0.15, 0.2) is 26.8 Å². The molecule has 0 spiro atoms. The van der Waals surface area contributed by atoms with Crippen molar-refractivity contribution in [2.24, 2.45) is 5.10 Å². The highest BCUT2D eigenvalue weighted by molar-refractivity contribution is 6.32. The molecule has 11 heteroatoms. The van der Waals surface area contributed by atoms with Crippen LogP contribution in [0.3, 0.4) is 0 Å². The number of hydrogen-bond acceptors (Lipinski definition) is 7. The van der Waals surface area contributed by atoms with Gasteiger partial charge in [-0.3, -0.25) is 14.6 Å². The Morgan fingerprint density at radius 1 is 1.35 bits per heavy atom. The third-order valence-electron chi connectivity index (χ3n) is 3.23. The van der Waals surface area contributed by atoms with Crippen LogP contribution in [0.4, 0.5) is 0 Å². The number of carbonyl (C=O) groups excluding carboxylic acids is 1. The molecule has 0 saturated heterocycles. The van der Waals surface area contributed by atoms with Crippen molar-refractivity contribution in [3.8, 4) is 11.5 Å². The predicted molar refractivity (Wildman–Crippen MR) is 94.1 cm³/mol. The molecule has 10 nitrogen and oxygen atoms in total. The van der Waals surface area contributed by atoms with Crippen LogP contribution in [0.5, 0.6) is 11.5 Å². The normalized spacial score (nSPS) is 10.7. The summed E-state index contributed by atoms with van der Waals surface area (Å²) in [6.07, 6.45) is 1.40. The molecular weight excluding hydrogens is 366 g/mol. The van der Waals surface area contributed by atoms with Gasteiger partial charge in [0.15, 0.2) is 11.5 Å². The summed E-state index contributed by atoms with van der Waals surface area (Å²) in [6, 6.07) is 3.24. The maximum absolute atomic E-state index is 11.8. The van der Waals surface area contributed by atoms with E-state index in [1.54, 1.807) is 12.1 Å². The summed E-state index contributed by atoms with van der Waals surface area (Å²) in [6.45, 7) is 0. The SMILES string of the molecule is COc1cc(/C=N/NC(=O)CCc2n[nH]c(=O)[nH]c2=O)cc(Cl)c1OC. The first-order valence-electron chi connectivity index (χ1n) is 7.36. The van der Waals surface area contributed by atoms with Crippen LogP contribution in [0.25, 0.3) is 0 Å². The number of hydrogen-bond donors (Lipinski definition) is 3. The lowest BCUT2D eigenvalue weighted by atomic mass is 10.2. The first kappa shape index (κ1) is 19.2. The zero-order valence-electron chi connectivity index (χ0n) is 14.0. The summed E-state index contributed by atoms with van der Waals surface area (Å²) in [5, 5.41) is 9.83. The molecular formula is C15H16ClN5O5.